The van der Waals surface area contributed by atoms with Gasteiger partial charge in [-0.1, -0.05) is 12.1 Å². The van der Waals surface area contributed by atoms with Crippen LogP contribution in [0.15, 0.2) is 30.3 Å². The van der Waals surface area contributed by atoms with Gasteiger partial charge in [0, 0.05) is 6.08 Å². The molecule has 1 aromatic rings. The number of hydrogen-bond acceptors (Lipinski definition) is 2. The summed E-state index contributed by atoms with van der Waals surface area (Å²) in [5.74, 6) is 0.377. The Hall–Kier alpha value is -1.77. The topological polar surface area (TPSA) is 52.3 Å². The van der Waals surface area contributed by atoms with Gasteiger partial charge in [-0.2, -0.15) is 0 Å². The van der Waals surface area contributed by atoms with Gasteiger partial charge in [0.25, 0.3) is 0 Å². The van der Waals surface area contributed by atoms with Gasteiger partial charge in [-0.15, -0.1) is 0 Å². The quantitative estimate of drug-likeness (QED) is 0.734. The normalized spacial score (nSPS) is 10.4. The molecule has 1 amide bonds. The first-order valence-corrected chi connectivity index (χ1v) is 4.42. The molecule has 0 unspecified atom stereocenters. The molecule has 14 heavy (non-hydrogen) atoms. The highest BCUT2D eigenvalue weighted by Gasteiger charge is 1.91. The third-order valence-electron chi connectivity index (χ3n) is 1.63. The van der Waals surface area contributed by atoms with Crippen molar-refractivity contribution >= 4 is 12.0 Å². The van der Waals surface area contributed by atoms with Gasteiger partial charge in [0.1, 0.15) is 5.75 Å². The third-order valence-corrected chi connectivity index (χ3v) is 1.63. The molecule has 0 fully saturated rings. The van der Waals surface area contributed by atoms with Crippen molar-refractivity contribution in [2.45, 2.75) is 6.92 Å². The van der Waals surface area contributed by atoms with Crippen molar-refractivity contribution < 1.29 is 9.53 Å². The molecule has 0 heterocycles. The Morgan fingerprint density at radius 2 is 2.07 bits per heavy atom. The zero-order valence-electron chi connectivity index (χ0n) is 8.07. The van der Waals surface area contributed by atoms with Crippen molar-refractivity contribution in [2.75, 3.05) is 6.61 Å². The molecule has 1 aromatic carbocycles. The second-order valence-corrected chi connectivity index (χ2v) is 2.74. The van der Waals surface area contributed by atoms with Crippen molar-refractivity contribution in [3.63, 3.8) is 0 Å². The van der Waals surface area contributed by atoms with E-state index in [1.54, 1.807) is 6.08 Å². The van der Waals surface area contributed by atoms with Crippen LogP contribution in [0.4, 0.5) is 0 Å². The molecular weight excluding hydrogens is 178 g/mol. The van der Waals surface area contributed by atoms with E-state index in [0.29, 0.717) is 6.61 Å². The Morgan fingerprint density at radius 1 is 1.43 bits per heavy atom. The van der Waals surface area contributed by atoms with Crippen molar-refractivity contribution in [1.29, 1.82) is 0 Å². The highest BCUT2D eigenvalue weighted by Crippen LogP contribution is 2.12. The Kier molecular flexibility index (Phi) is 3.73. The van der Waals surface area contributed by atoms with E-state index < -0.39 is 5.91 Å². The predicted molar refractivity (Wildman–Crippen MR) is 55.8 cm³/mol. The maximum Gasteiger partial charge on any atom is 0.241 e. The van der Waals surface area contributed by atoms with E-state index in [2.05, 4.69) is 0 Å². The molecule has 0 aromatic heterocycles. The summed E-state index contributed by atoms with van der Waals surface area (Å²) < 4.78 is 5.27. The van der Waals surface area contributed by atoms with E-state index in [4.69, 9.17) is 10.5 Å². The zero-order chi connectivity index (χ0) is 10.4. The number of benzene rings is 1. The van der Waals surface area contributed by atoms with Gasteiger partial charge < -0.3 is 10.5 Å². The van der Waals surface area contributed by atoms with Gasteiger partial charge in [-0.25, -0.2) is 0 Å². The van der Waals surface area contributed by atoms with Crippen molar-refractivity contribution in [2.24, 2.45) is 5.73 Å². The lowest BCUT2D eigenvalue weighted by Gasteiger charge is -2.01. The minimum absolute atomic E-state index is 0.445. The summed E-state index contributed by atoms with van der Waals surface area (Å²) >= 11 is 0. The molecule has 0 spiro atoms. The first-order chi connectivity index (χ1) is 6.72. The first kappa shape index (κ1) is 10.3. The molecule has 0 aliphatic rings. The number of ether oxygens (including phenoxy) is 1. The van der Waals surface area contributed by atoms with Crippen molar-refractivity contribution in [1.82, 2.24) is 0 Å². The molecule has 3 heteroatoms. The van der Waals surface area contributed by atoms with Crippen LogP contribution < -0.4 is 10.5 Å². The van der Waals surface area contributed by atoms with Gasteiger partial charge in [-0.3, -0.25) is 4.79 Å². The fourth-order valence-corrected chi connectivity index (χ4v) is 1.02. The minimum Gasteiger partial charge on any atom is -0.494 e. The zero-order valence-corrected chi connectivity index (χ0v) is 8.07. The molecule has 0 aliphatic carbocycles. The van der Waals surface area contributed by atoms with E-state index >= 15 is 0 Å². The number of carbonyl (C=O) groups is 1. The average molecular weight is 191 g/mol. The minimum atomic E-state index is -0.445. The van der Waals surface area contributed by atoms with Crippen LogP contribution in [0.1, 0.15) is 12.5 Å². The second-order valence-electron chi connectivity index (χ2n) is 2.74. The van der Waals surface area contributed by atoms with Crippen LogP contribution in [0.25, 0.3) is 6.08 Å². The largest absolute Gasteiger partial charge is 0.494 e. The number of amides is 1. The first-order valence-electron chi connectivity index (χ1n) is 4.42. The van der Waals surface area contributed by atoms with E-state index in [-0.39, 0.29) is 0 Å². The number of rotatable bonds is 4. The molecule has 74 valence electrons. The molecule has 0 saturated heterocycles. The Labute approximate surface area is 83.2 Å². The average Bonchev–Trinajstić information content (AvgIpc) is 2.17. The van der Waals surface area contributed by atoms with E-state index in [0.717, 1.165) is 11.3 Å². The SMILES string of the molecule is CCOc1ccc(/C=C/C(N)=O)cc1. The predicted octanol–water partition coefficient (Wildman–Crippen LogP) is 1.58. The summed E-state index contributed by atoms with van der Waals surface area (Å²) in [6.07, 6.45) is 2.99. The van der Waals surface area contributed by atoms with Crippen LogP contribution in [0, 0.1) is 0 Å². The van der Waals surface area contributed by atoms with Crippen LogP contribution in [-0.2, 0) is 4.79 Å². The Balaban J connectivity index is 2.68. The van der Waals surface area contributed by atoms with Gasteiger partial charge in [-0.05, 0) is 30.7 Å². The maximum absolute atomic E-state index is 10.5. The molecule has 3 nitrogen and oxygen atoms in total. The summed E-state index contributed by atoms with van der Waals surface area (Å²) in [4.78, 5) is 10.5. The fourth-order valence-electron chi connectivity index (χ4n) is 1.02. The lowest BCUT2D eigenvalue weighted by atomic mass is 10.2. The lowest BCUT2D eigenvalue weighted by molar-refractivity contribution is -0.113. The lowest BCUT2D eigenvalue weighted by Crippen LogP contribution is -2.05. The Bertz CT molecular complexity index is 328. The van der Waals surface area contributed by atoms with Crippen molar-refractivity contribution in [3.8, 4) is 5.75 Å². The van der Waals surface area contributed by atoms with E-state index in [1.165, 1.54) is 6.08 Å². The molecule has 0 saturated carbocycles. The van der Waals surface area contributed by atoms with Crippen LogP contribution in [0.2, 0.25) is 0 Å². The van der Waals surface area contributed by atoms with Crippen LogP contribution >= 0.6 is 0 Å². The van der Waals surface area contributed by atoms with Gasteiger partial charge >= 0.3 is 0 Å². The summed E-state index contributed by atoms with van der Waals surface area (Å²) in [6.45, 7) is 2.58. The summed E-state index contributed by atoms with van der Waals surface area (Å²) in [5.41, 5.74) is 5.89. The monoisotopic (exact) mass is 191 g/mol. The van der Waals surface area contributed by atoms with Gasteiger partial charge in [0.05, 0.1) is 6.61 Å². The van der Waals surface area contributed by atoms with Gasteiger partial charge in [0.2, 0.25) is 5.91 Å². The summed E-state index contributed by atoms with van der Waals surface area (Å²) in [6, 6.07) is 7.43. The number of hydrogen-bond donors (Lipinski definition) is 1. The Morgan fingerprint density at radius 3 is 2.57 bits per heavy atom. The van der Waals surface area contributed by atoms with Crippen molar-refractivity contribution in [3.05, 3.63) is 35.9 Å². The smallest absolute Gasteiger partial charge is 0.241 e. The van der Waals surface area contributed by atoms with Gasteiger partial charge in [0.15, 0.2) is 0 Å². The molecule has 0 aliphatic heterocycles. The van der Waals surface area contributed by atoms with Crippen LogP contribution in [0.5, 0.6) is 5.75 Å². The highest BCUT2D eigenvalue weighted by atomic mass is 16.5. The number of nitrogens with two attached hydrogens (primary N) is 1. The number of primary amides is 1. The van der Waals surface area contributed by atoms with E-state index in [1.807, 2.05) is 31.2 Å². The molecule has 0 bridgehead atoms. The highest BCUT2D eigenvalue weighted by molar-refractivity contribution is 5.90. The summed E-state index contributed by atoms with van der Waals surface area (Å²) in [5, 5.41) is 0. The molecule has 1 rings (SSSR count). The molecule has 0 atom stereocenters. The molecule has 0 radical (unpaired) electrons. The second kappa shape index (κ2) is 5.07. The maximum atomic E-state index is 10.5. The van der Waals surface area contributed by atoms with Crippen LogP contribution in [-0.4, -0.2) is 12.5 Å². The fraction of sp³-hybridized carbons (Fsp3) is 0.182. The van der Waals surface area contributed by atoms with Crippen LogP contribution in [0.3, 0.4) is 0 Å². The summed E-state index contributed by atoms with van der Waals surface area (Å²) in [7, 11) is 0. The molecular formula is C11H13NO2. The standard InChI is InChI=1S/C11H13NO2/c1-2-14-10-6-3-9(4-7-10)5-8-11(12)13/h3-8H,2H2,1H3,(H2,12,13)/b8-5+. The van der Waals surface area contributed by atoms with E-state index in [9.17, 15) is 4.79 Å². The molecule has 2 N–H and O–H groups in total. The third kappa shape index (κ3) is 3.31. The number of carbonyl (C=O) groups excluding carboxylic acids is 1.